The molecule has 0 saturated heterocycles. The second-order valence-electron chi connectivity index (χ2n) is 4.59. The van der Waals surface area contributed by atoms with Gasteiger partial charge >= 0.3 is 0 Å². The summed E-state index contributed by atoms with van der Waals surface area (Å²) in [6, 6.07) is 15.6. The number of benzene rings is 2. The summed E-state index contributed by atoms with van der Waals surface area (Å²) in [5.74, 6) is 1.74. The van der Waals surface area contributed by atoms with Crippen molar-refractivity contribution in [2.24, 2.45) is 0 Å². The average molecular weight is 267 g/mol. The van der Waals surface area contributed by atoms with Crippen LogP contribution in [0.1, 0.15) is 12.7 Å². The van der Waals surface area contributed by atoms with E-state index in [9.17, 15) is 0 Å². The van der Waals surface area contributed by atoms with Crippen LogP contribution in [0.2, 0.25) is 0 Å². The number of hydrogen-bond donors (Lipinski definition) is 1. The van der Waals surface area contributed by atoms with Crippen molar-refractivity contribution < 1.29 is 4.74 Å². The van der Waals surface area contributed by atoms with Crippen molar-refractivity contribution in [3.8, 4) is 5.75 Å². The van der Waals surface area contributed by atoms with Crippen LogP contribution in [-0.4, -0.2) is 9.55 Å². The fourth-order valence-corrected chi connectivity index (χ4v) is 2.34. The second-order valence-corrected chi connectivity index (χ2v) is 4.59. The molecule has 2 aromatic carbocycles. The number of nitrogen functional groups attached to an aromatic ring is 1. The molecule has 4 heteroatoms. The molecule has 3 aromatic rings. The van der Waals surface area contributed by atoms with Gasteiger partial charge in [-0.15, -0.1) is 0 Å². The fourth-order valence-electron chi connectivity index (χ4n) is 2.34. The molecule has 1 aromatic heterocycles. The predicted octanol–water partition coefficient (Wildman–Crippen LogP) is 3.22. The molecular formula is C16H17N3O. The maximum absolute atomic E-state index is 5.98. The van der Waals surface area contributed by atoms with Crippen molar-refractivity contribution in [2.75, 3.05) is 5.73 Å². The molecule has 0 bridgehead atoms. The van der Waals surface area contributed by atoms with Gasteiger partial charge in [-0.25, -0.2) is 4.98 Å². The third kappa shape index (κ3) is 2.20. The first-order valence-electron chi connectivity index (χ1n) is 6.71. The number of fused-ring (bicyclic) bond motifs is 1. The van der Waals surface area contributed by atoms with Gasteiger partial charge in [0.25, 0.3) is 0 Å². The number of ether oxygens (including phenoxy) is 1. The molecule has 3 rings (SSSR count). The zero-order valence-corrected chi connectivity index (χ0v) is 11.4. The van der Waals surface area contributed by atoms with E-state index in [1.165, 1.54) is 0 Å². The Kier molecular flexibility index (Phi) is 3.29. The van der Waals surface area contributed by atoms with Gasteiger partial charge in [0.05, 0.1) is 11.2 Å². The van der Waals surface area contributed by atoms with E-state index in [4.69, 9.17) is 10.5 Å². The third-order valence-corrected chi connectivity index (χ3v) is 3.32. The van der Waals surface area contributed by atoms with E-state index < -0.39 is 0 Å². The van der Waals surface area contributed by atoms with Crippen molar-refractivity contribution in [3.05, 3.63) is 54.4 Å². The lowest BCUT2D eigenvalue weighted by molar-refractivity contribution is 0.291. The summed E-state index contributed by atoms with van der Waals surface area (Å²) in [5, 5.41) is 0. The monoisotopic (exact) mass is 267 g/mol. The highest BCUT2D eigenvalue weighted by Crippen LogP contribution is 2.22. The molecule has 0 aliphatic rings. The number of hydrogen-bond acceptors (Lipinski definition) is 3. The zero-order valence-electron chi connectivity index (χ0n) is 11.4. The van der Waals surface area contributed by atoms with Gasteiger partial charge in [-0.2, -0.15) is 0 Å². The third-order valence-electron chi connectivity index (χ3n) is 3.32. The van der Waals surface area contributed by atoms with Gasteiger partial charge in [0.2, 0.25) is 0 Å². The molecule has 0 fully saturated rings. The van der Waals surface area contributed by atoms with Crippen LogP contribution in [0.3, 0.4) is 0 Å². The molecule has 0 spiro atoms. The Morgan fingerprint density at radius 3 is 2.65 bits per heavy atom. The van der Waals surface area contributed by atoms with Gasteiger partial charge < -0.3 is 15.0 Å². The summed E-state index contributed by atoms with van der Waals surface area (Å²) in [7, 11) is 0. The summed E-state index contributed by atoms with van der Waals surface area (Å²) in [5.41, 5.74) is 8.59. The van der Waals surface area contributed by atoms with E-state index in [0.29, 0.717) is 12.3 Å². The molecular weight excluding hydrogens is 250 g/mol. The van der Waals surface area contributed by atoms with Crippen LogP contribution in [0.25, 0.3) is 11.0 Å². The molecule has 2 N–H and O–H groups in total. The zero-order chi connectivity index (χ0) is 13.9. The van der Waals surface area contributed by atoms with Crippen molar-refractivity contribution in [1.82, 2.24) is 9.55 Å². The molecule has 0 aliphatic heterocycles. The van der Waals surface area contributed by atoms with Gasteiger partial charge in [0.15, 0.2) is 0 Å². The lowest BCUT2D eigenvalue weighted by Crippen LogP contribution is -2.05. The first-order chi connectivity index (χ1) is 9.79. The highest BCUT2D eigenvalue weighted by atomic mass is 16.5. The minimum atomic E-state index is 0.436. The number of nitrogens with zero attached hydrogens (tertiary/aromatic N) is 2. The molecule has 20 heavy (non-hydrogen) atoms. The first-order valence-corrected chi connectivity index (χ1v) is 6.71. The van der Waals surface area contributed by atoms with Crippen molar-refractivity contribution >= 4 is 16.7 Å². The van der Waals surface area contributed by atoms with Crippen molar-refractivity contribution in [3.63, 3.8) is 0 Å². The van der Waals surface area contributed by atoms with Crippen LogP contribution in [-0.2, 0) is 13.2 Å². The van der Waals surface area contributed by atoms with Gasteiger partial charge in [-0.1, -0.05) is 24.3 Å². The number of anilines is 1. The Morgan fingerprint density at radius 2 is 1.90 bits per heavy atom. The first kappa shape index (κ1) is 12.5. The largest absolute Gasteiger partial charge is 0.486 e. The van der Waals surface area contributed by atoms with E-state index in [0.717, 1.165) is 29.2 Å². The Labute approximate surface area is 117 Å². The van der Waals surface area contributed by atoms with E-state index in [2.05, 4.69) is 16.5 Å². The van der Waals surface area contributed by atoms with Crippen LogP contribution >= 0.6 is 0 Å². The molecule has 0 aliphatic carbocycles. The molecule has 102 valence electrons. The Bertz CT molecular complexity index is 719. The molecule has 0 unspecified atom stereocenters. The molecule has 4 nitrogen and oxygen atoms in total. The van der Waals surface area contributed by atoms with Crippen LogP contribution in [0.4, 0.5) is 5.69 Å². The van der Waals surface area contributed by atoms with Crippen LogP contribution in [0, 0.1) is 0 Å². The molecule has 1 heterocycles. The number of para-hydroxylation sites is 2. The summed E-state index contributed by atoms with van der Waals surface area (Å²) in [6.07, 6.45) is 0. The second kappa shape index (κ2) is 5.25. The SMILES string of the molecule is CCn1c(COc2ccccc2)nc2c(N)cccc21. The number of nitrogens with two attached hydrogens (primary N) is 1. The van der Waals surface area contributed by atoms with Crippen LogP contribution < -0.4 is 10.5 Å². The Morgan fingerprint density at radius 1 is 1.10 bits per heavy atom. The molecule has 0 amide bonds. The van der Waals surface area contributed by atoms with Gasteiger partial charge in [-0.05, 0) is 31.2 Å². The van der Waals surface area contributed by atoms with E-state index in [-0.39, 0.29) is 0 Å². The molecule has 0 atom stereocenters. The topological polar surface area (TPSA) is 53.1 Å². The maximum atomic E-state index is 5.98. The Balaban J connectivity index is 1.93. The highest BCUT2D eigenvalue weighted by Gasteiger charge is 2.11. The summed E-state index contributed by atoms with van der Waals surface area (Å²) >= 11 is 0. The standard InChI is InChI=1S/C16H17N3O/c1-2-19-14-10-6-9-13(17)16(14)18-15(19)11-20-12-7-4-3-5-8-12/h3-10H,2,11,17H2,1H3. The number of imidazole rings is 1. The lowest BCUT2D eigenvalue weighted by Gasteiger charge is -2.08. The summed E-state index contributed by atoms with van der Waals surface area (Å²) in [4.78, 5) is 4.61. The van der Waals surface area contributed by atoms with E-state index in [1.807, 2.05) is 48.5 Å². The highest BCUT2D eigenvalue weighted by molar-refractivity contribution is 5.87. The van der Waals surface area contributed by atoms with Gasteiger partial charge in [0.1, 0.15) is 23.7 Å². The maximum Gasteiger partial charge on any atom is 0.148 e. The van der Waals surface area contributed by atoms with E-state index >= 15 is 0 Å². The molecule has 0 saturated carbocycles. The minimum absolute atomic E-state index is 0.436. The van der Waals surface area contributed by atoms with Crippen molar-refractivity contribution in [1.29, 1.82) is 0 Å². The van der Waals surface area contributed by atoms with Gasteiger partial charge in [0, 0.05) is 6.54 Å². The smallest absolute Gasteiger partial charge is 0.148 e. The Hall–Kier alpha value is -2.49. The summed E-state index contributed by atoms with van der Waals surface area (Å²) in [6.45, 7) is 3.37. The van der Waals surface area contributed by atoms with Crippen LogP contribution in [0.15, 0.2) is 48.5 Å². The van der Waals surface area contributed by atoms with Gasteiger partial charge in [-0.3, -0.25) is 0 Å². The molecule has 0 radical (unpaired) electrons. The van der Waals surface area contributed by atoms with E-state index in [1.54, 1.807) is 0 Å². The fraction of sp³-hybridized carbons (Fsp3) is 0.188. The lowest BCUT2D eigenvalue weighted by atomic mass is 10.3. The summed E-state index contributed by atoms with van der Waals surface area (Å²) < 4.78 is 7.91. The average Bonchev–Trinajstić information content (AvgIpc) is 2.85. The normalized spacial score (nSPS) is 10.8. The number of aryl methyl sites for hydroxylation is 1. The number of rotatable bonds is 4. The van der Waals surface area contributed by atoms with Crippen molar-refractivity contribution in [2.45, 2.75) is 20.1 Å². The number of aromatic nitrogens is 2. The minimum Gasteiger partial charge on any atom is -0.486 e. The quantitative estimate of drug-likeness (QED) is 0.738. The predicted molar refractivity (Wildman–Crippen MR) is 80.6 cm³/mol. The van der Waals surface area contributed by atoms with Crippen LogP contribution in [0.5, 0.6) is 5.75 Å².